The summed E-state index contributed by atoms with van der Waals surface area (Å²) in [6.45, 7) is 4.49. The van der Waals surface area contributed by atoms with Gasteiger partial charge in [0.2, 0.25) is 0 Å². The van der Waals surface area contributed by atoms with Gasteiger partial charge in [0.15, 0.2) is 6.29 Å². The van der Waals surface area contributed by atoms with Crippen LogP contribution in [0.2, 0.25) is 0 Å². The van der Waals surface area contributed by atoms with Crippen molar-refractivity contribution in [3.05, 3.63) is 28.9 Å². The molecule has 0 saturated carbocycles. The third-order valence-electron chi connectivity index (χ3n) is 5.24. The summed E-state index contributed by atoms with van der Waals surface area (Å²) >= 11 is 1.39. The Kier molecular flexibility index (Phi) is 3.66. The SMILES string of the molecule is C[C@H]1[C@H](NC(=O)c2cc3sc(C=O)cc3cn2)C2CCN1CC2. The Balaban J connectivity index is 1.55. The summed E-state index contributed by atoms with van der Waals surface area (Å²) in [4.78, 5) is 30.9. The lowest BCUT2D eigenvalue weighted by Crippen LogP contribution is -2.62. The molecule has 3 aliphatic rings. The summed E-state index contributed by atoms with van der Waals surface area (Å²) in [5.41, 5.74) is 0.431. The van der Waals surface area contributed by atoms with Crippen molar-refractivity contribution in [2.75, 3.05) is 13.1 Å². The Morgan fingerprint density at radius 1 is 1.39 bits per heavy atom. The minimum absolute atomic E-state index is 0.112. The summed E-state index contributed by atoms with van der Waals surface area (Å²) in [5, 5.41) is 4.10. The maximum Gasteiger partial charge on any atom is 0.270 e. The van der Waals surface area contributed by atoms with Gasteiger partial charge in [0.1, 0.15) is 5.69 Å². The van der Waals surface area contributed by atoms with Crippen LogP contribution in [0.4, 0.5) is 0 Å². The fourth-order valence-corrected chi connectivity index (χ4v) is 4.79. The molecule has 0 aliphatic carbocycles. The highest BCUT2D eigenvalue weighted by molar-refractivity contribution is 7.20. The van der Waals surface area contributed by atoms with Gasteiger partial charge in [0.25, 0.3) is 5.91 Å². The number of nitrogens with zero attached hydrogens (tertiary/aromatic N) is 2. The molecule has 5 rings (SSSR count). The fourth-order valence-electron chi connectivity index (χ4n) is 3.91. The van der Waals surface area contributed by atoms with E-state index in [1.54, 1.807) is 18.3 Å². The molecule has 1 N–H and O–H groups in total. The molecule has 3 saturated heterocycles. The summed E-state index contributed by atoms with van der Waals surface area (Å²) in [6, 6.07) is 4.18. The van der Waals surface area contributed by atoms with Gasteiger partial charge in [-0.1, -0.05) is 0 Å². The summed E-state index contributed by atoms with van der Waals surface area (Å²) in [6.07, 6.45) is 4.83. The van der Waals surface area contributed by atoms with Crippen LogP contribution in [0.5, 0.6) is 0 Å². The average molecular weight is 329 g/mol. The topological polar surface area (TPSA) is 62.3 Å². The number of nitrogens with one attached hydrogen (secondary N) is 1. The highest BCUT2D eigenvalue weighted by Crippen LogP contribution is 2.32. The third kappa shape index (κ3) is 2.56. The van der Waals surface area contributed by atoms with E-state index in [1.165, 1.54) is 11.3 Å². The van der Waals surface area contributed by atoms with E-state index >= 15 is 0 Å². The van der Waals surface area contributed by atoms with E-state index in [2.05, 4.69) is 22.1 Å². The maximum atomic E-state index is 12.6. The van der Waals surface area contributed by atoms with Crippen LogP contribution < -0.4 is 5.32 Å². The zero-order valence-electron chi connectivity index (χ0n) is 13.0. The molecular weight excluding hydrogens is 310 g/mol. The molecule has 0 aromatic carbocycles. The second kappa shape index (κ2) is 5.69. The number of rotatable bonds is 3. The zero-order chi connectivity index (χ0) is 16.0. The van der Waals surface area contributed by atoms with Crippen molar-refractivity contribution >= 4 is 33.6 Å². The molecule has 3 aliphatic heterocycles. The van der Waals surface area contributed by atoms with Gasteiger partial charge in [-0.15, -0.1) is 11.3 Å². The number of amides is 1. The van der Waals surface area contributed by atoms with E-state index in [1.807, 2.05) is 0 Å². The quantitative estimate of drug-likeness (QED) is 0.878. The molecule has 23 heavy (non-hydrogen) atoms. The van der Waals surface area contributed by atoms with Crippen molar-refractivity contribution in [2.45, 2.75) is 31.8 Å². The molecule has 5 nitrogen and oxygen atoms in total. The molecule has 1 amide bonds. The van der Waals surface area contributed by atoms with E-state index < -0.39 is 0 Å². The van der Waals surface area contributed by atoms with Crippen molar-refractivity contribution in [3.8, 4) is 0 Å². The van der Waals surface area contributed by atoms with Crippen molar-refractivity contribution in [3.63, 3.8) is 0 Å². The second-order valence-corrected chi connectivity index (χ2v) is 7.60. The highest BCUT2D eigenvalue weighted by Gasteiger charge is 2.40. The third-order valence-corrected chi connectivity index (χ3v) is 6.27. The molecule has 2 bridgehead atoms. The van der Waals surface area contributed by atoms with Crippen molar-refractivity contribution < 1.29 is 9.59 Å². The van der Waals surface area contributed by atoms with Gasteiger partial charge in [0.05, 0.1) is 4.88 Å². The Labute approximate surface area is 138 Å². The van der Waals surface area contributed by atoms with Crippen molar-refractivity contribution in [2.24, 2.45) is 5.92 Å². The highest BCUT2D eigenvalue weighted by atomic mass is 32.1. The van der Waals surface area contributed by atoms with Crippen LogP contribution >= 0.6 is 11.3 Å². The molecule has 2 atom stereocenters. The number of aldehydes is 1. The number of hydrogen-bond acceptors (Lipinski definition) is 5. The first kappa shape index (κ1) is 14.8. The predicted molar refractivity (Wildman–Crippen MR) is 90.0 cm³/mol. The first-order valence-corrected chi connectivity index (χ1v) is 8.87. The number of carbonyl (C=O) groups is 2. The van der Waals surface area contributed by atoms with Crippen LogP contribution in [0, 0.1) is 5.92 Å². The maximum absolute atomic E-state index is 12.6. The number of fused-ring (bicyclic) bond motifs is 4. The number of carbonyl (C=O) groups excluding carboxylic acids is 2. The van der Waals surface area contributed by atoms with Gasteiger partial charge in [-0.2, -0.15) is 0 Å². The van der Waals surface area contributed by atoms with E-state index in [-0.39, 0.29) is 11.9 Å². The summed E-state index contributed by atoms with van der Waals surface area (Å²) < 4.78 is 0.925. The Morgan fingerprint density at radius 3 is 2.87 bits per heavy atom. The standard InChI is InChI=1S/C17H19N3O2S/c1-10-16(11-2-4-20(10)5-3-11)19-17(22)14-7-15-12(8-18-14)6-13(9-21)23-15/h6-11,16H,2-5H2,1H3,(H,19,22)/t10-,16-/m0/s1. The molecule has 6 heteroatoms. The molecule has 3 fully saturated rings. The van der Waals surface area contributed by atoms with Crippen LogP contribution in [0.15, 0.2) is 18.3 Å². The molecule has 0 spiro atoms. The predicted octanol–water partition coefficient (Wildman–Crippen LogP) is 2.32. The number of piperidine rings is 3. The van der Waals surface area contributed by atoms with E-state index in [9.17, 15) is 9.59 Å². The minimum atomic E-state index is -0.112. The largest absolute Gasteiger partial charge is 0.346 e. The van der Waals surface area contributed by atoms with Gasteiger partial charge in [-0.3, -0.25) is 19.5 Å². The lowest BCUT2D eigenvalue weighted by Gasteiger charge is -2.49. The van der Waals surface area contributed by atoms with Crippen LogP contribution in [0.3, 0.4) is 0 Å². The van der Waals surface area contributed by atoms with E-state index in [4.69, 9.17) is 0 Å². The molecular formula is C17H19N3O2S. The van der Waals surface area contributed by atoms with Crippen molar-refractivity contribution in [1.82, 2.24) is 15.2 Å². The van der Waals surface area contributed by atoms with Gasteiger partial charge in [-0.25, -0.2) is 0 Å². The Bertz CT molecular complexity index is 762. The molecule has 0 unspecified atom stereocenters. The number of pyridine rings is 1. The van der Waals surface area contributed by atoms with E-state index in [0.29, 0.717) is 22.5 Å². The monoisotopic (exact) mass is 329 g/mol. The molecule has 0 radical (unpaired) electrons. The molecule has 2 aromatic heterocycles. The molecule has 120 valence electrons. The zero-order valence-corrected chi connectivity index (χ0v) is 13.8. The molecule has 5 heterocycles. The van der Waals surface area contributed by atoms with Gasteiger partial charge in [-0.05, 0) is 50.9 Å². The van der Waals surface area contributed by atoms with Gasteiger partial charge < -0.3 is 5.32 Å². The lowest BCUT2D eigenvalue weighted by atomic mass is 9.79. The first-order chi connectivity index (χ1) is 11.2. The van der Waals surface area contributed by atoms with Crippen LogP contribution in [0.25, 0.3) is 10.1 Å². The normalized spacial score (nSPS) is 29.6. The minimum Gasteiger partial charge on any atom is -0.346 e. The first-order valence-electron chi connectivity index (χ1n) is 8.05. The van der Waals surface area contributed by atoms with E-state index in [0.717, 1.165) is 42.3 Å². The summed E-state index contributed by atoms with van der Waals surface area (Å²) in [7, 11) is 0. The summed E-state index contributed by atoms with van der Waals surface area (Å²) in [5.74, 6) is 0.463. The lowest BCUT2D eigenvalue weighted by molar-refractivity contribution is 0.0216. The van der Waals surface area contributed by atoms with Gasteiger partial charge >= 0.3 is 0 Å². The van der Waals surface area contributed by atoms with Crippen LogP contribution in [0.1, 0.15) is 39.9 Å². The van der Waals surface area contributed by atoms with Crippen molar-refractivity contribution in [1.29, 1.82) is 0 Å². The Morgan fingerprint density at radius 2 is 2.17 bits per heavy atom. The number of hydrogen-bond donors (Lipinski definition) is 1. The Hall–Kier alpha value is -1.79. The van der Waals surface area contributed by atoms with Crippen LogP contribution in [-0.4, -0.2) is 47.3 Å². The smallest absolute Gasteiger partial charge is 0.270 e. The molecule has 2 aromatic rings. The number of thiophene rings is 1. The van der Waals surface area contributed by atoms with Crippen LogP contribution in [-0.2, 0) is 0 Å². The fraction of sp³-hybridized carbons (Fsp3) is 0.471. The second-order valence-electron chi connectivity index (χ2n) is 6.49. The number of aromatic nitrogens is 1. The van der Waals surface area contributed by atoms with Gasteiger partial charge in [0, 0.05) is 28.4 Å². The average Bonchev–Trinajstić information content (AvgIpc) is 3.00.